The fraction of sp³-hybridized carbons (Fsp3) is 0.800. The van der Waals surface area contributed by atoms with E-state index in [0.717, 1.165) is 0 Å². The summed E-state index contributed by atoms with van der Waals surface area (Å²) in [6, 6.07) is 0. The lowest BCUT2D eigenvalue weighted by atomic mass is 10.4. The predicted molar refractivity (Wildman–Crippen MR) is 74.8 cm³/mol. The van der Waals surface area contributed by atoms with Crippen LogP contribution in [0.3, 0.4) is 0 Å². The van der Waals surface area contributed by atoms with E-state index in [1.807, 2.05) is 0 Å². The van der Waals surface area contributed by atoms with E-state index in [1.54, 1.807) is 0 Å². The Balaban J connectivity index is 5.43. The molecule has 8 nitrogen and oxygen atoms in total. The molecule has 0 rings (SSSR count). The molecular weight excluding hydrogens is 422 g/mol. The van der Waals surface area contributed by atoms with Crippen molar-refractivity contribution in [3.8, 4) is 0 Å². The highest BCUT2D eigenvalue weighted by Crippen LogP contribution is 2.28. The molecular formula is C10H14F6N2O6S2. The molecule has 0 aliphatic carbocycles. The normalized spacial score (nSPS) is 12.8. The standard InChI is InChI=1S/C10H14F6N2O6S2/c1-3-5-17(25-24-23-9(11,12)13)7(19)8(20)18(6-4-2)26(21,22)10(14,15)16/h3-6H2,1-2H3. The van der Waals surface area contributed by atoms with Gasteiger partial charge in [-0.3, -0.25) is 13.9 Å². The van der Waals surface area contributed by atoms with Gasteiger partial charge in [0.25, 0.3) is 0 Å². The SMILES string of the molecule is CCCN(SOOC(F)(F)F)C(=O)C(=O)N(CCC)S(=O)(=O)C(F)(F)F. The summed E-state index contributed by atoms with van der Waals surface area (Å²) in [5.41, 5.74) is -5.85. The van der Waals surface area contributed by atoms with Crippen molar-refractivity contribution in [2.45, 2.75) is 38.6 Å². The molecule has 0 radical (unpaired) electrons. The van der Waals surface area contributed by atoms with Crippen molar-refractivity contribution >= 4 is 34.1 Å². The number of hydrogen-bond donors (Lipinski definition) is 0. The van der Waals surface area contributed by atoms with Crippen molar-refractivity contribution in [1.29, 1.82) is 0 Å². The van der Waals surface area contributed by atoms with Crippen molar-refractivity contribution in [3.63, 3.8) is 0 Å². The first-order valence-corrected chi connectivity index (χ1v) is 8.86. The van der Waals surface area contributed by atoms with Gasteiger partial charge < -0.3 is 0 Å². The lowest BCUT2D eigenvalue weighted by Crippen LogP contribution is -2.50. The molecule has 2 amide bonds. The first kappa shape index (κ1) is 24.7. The fourth-order valence-corrected chi connectivity index (χ4v) is 2.89. The molecule has 0 aliphatic heterocycles. The molecule has 0 N–H and O–H groups in total. The van der Waals surface area contributed by atoms with Gasteiger partial charge in [0, 0.05) is 13.1 Å². The van der Waals surface area contributed by atoms with Gasteiger partial charge in [0.15, 0.2) is 12.2 Å². The first-order chi connectivity index (χ1) is 11.7. The van der Waals surface area contributed by atoms with Gasteiger partial charge in [0.1, 0.15) is 0 Å². The van der Waals surface area contributed by atoms with Crippen LogP contribution in [-0.2, 0) is 28.8 Å². The maximum Gasteiger partial charge on any atom is 0.550 e. The van der Waals surface area contributed by atoms with Crippen LogP contribution < -0.4 is 0 Å². The zero-order valence-corrected chi connectivity index (χ0v) is 14.9. The molecule has 154 valence electrons. The molecule has 0 atom stereocenters. The Morgan fingerprint density at radius 2 is 1.46 bits per heavy atom. The van der Waals surface area contributed by atoms with Crippen LogP contribution in [-0.4, -0.2) is 53.8 Å². The van der Waals surface area contributed by atoms with Crippen LogP contribution in [0.1, 0.15) is 26.7 Å². The van der Waals surface area contributed by atoms with E-state index >= 15 is 0 Å². The number of halogens is 6. The summed E-state index contributed by atoms with van der Waals surface area (Å²) >= 11 is -0.419. The molecule has 0 bridgehead atoms. The van der Waals surface area contributed by atoms with Crippen molar-refractivity contribution in [2.24, 2.45) is 0 Å². The fourth-order valence-electron chi connectivity index (χ4n) is 1.34. The van der Waals surface area contributed by atoms with Crippen LogP contribution >= 0.6 is 12.2 Å². The number of rotatable bonds is 8. The van der Waals surface area contributed by atoms with Gasteiger partial charge in [-0.15, -0.1) is 22.4 Å². The Hall–Kier alpha value is -1.26. The molecule has 0 heterocycles. The number of carbonyl (C=O) groups excluding carboxylic acids is 2. The van der Waals surface area contributed by atoms with Gasteiger partial charge in [0.05, 0.1) is 0 Å². The van der Waals surface area contributed by atoms with Gasteiger partial charge in [-0.2, -0.15) is 21.6 Å². The smallest absolute Gasteiger partial charge is 0.262 e. The zero-order chi connectivity index (χ0) is 20.8. The number of amides is 2. The second-order valence-corrected chi connectivity index (χ2v) is 6.99. The summed E-state index contributed by atoms with van der Waals surface area (Å²) in [6.07, 6.45) is -5.43. The molecule has 0 saturated heterocycles. The minimum atomic E-state index is -6.16. The molecule has 0 aromatic carbocycles. The second-order valence-electron chi connectivity index (χ2n) is 4.41. The number of nitrogens with zero attached hydrogens (tertiary/aromatic N) is 2. The van der Waals surface area contributed by atoms with Crippen LogP contribution in [0.15, 0.2) is 0 Å². The summed E-state index contributed by atoms with van der Waals surface area (Å²) in [5.74, 6) is -3.93. The maximum absolute atomic E-state index is 12.6. The Kier molecular flexibility index (Phi) is 9.14. The Morgan fingerprint density at radius 3 is 1.85 bits per heavy atom. The van der Waals surface area contributed by atoms with Gasteiger partial charge in [-0.25, -0.2) is 4.31 Å². The van der Waals surface area contributed by atoms with Gasteiger partial charge in [-0.1, -0.05) is 13.8 Å². The van der Waals surface area contributed by atoms with E-state index < -0.39 is 63.3 Å². The highest BCUT2D eigenvalue weighted by molar-refractivity contribution is 7.93. The number of sulfonamides is 1. The third-order valence-electron chi connectivity index (χ3n) is 2.32. The molecule has 0 saturated carbocycles. The van der Waals surface area contributed by atoms with Gasteiger partial charge in [0.2, 0.25) is 0 Å². The molecule has 26 heavy (non-hydrogen) atoms. The Bertz CT molecular complexity index is 594. The van der Waals surface area contributed by atoms with Gasteiger partial charge >= 0.3 is 33.7 Å². The molecule has 0 unspecified atom stereocenters. The summed E-state index contributed by atoms with van der Waals surface area (Å²) < 4.78 is 99.3. The summed E-state index contributed by atoms with van der Waals surface area (Å²) in [6.45, 7) is 1.27. The average molecular weight is 436 g/mol. The highest BCUT2D eigenvalue weighted by Gasteiger charge is 2.53. The van der Waals surface area contributed by atoms with Crippen molar-refractivity contribution in [2.75, 3.05) is 13.1 Å². The van der Waals surface area contributed by atoms with E-state index in [0.29, 0.717) is 0 Å². The second kappa shape index (κ2) is 9.61. The van der Waals surface area contributed by atoms with Crippen LogP contribution in [0.2, 0.25) is 0 Å². The lowest BCUT2D eigenvalue weighted by Gasteiger charge is -2.25. The topological polar surface area (TPSA) is 93.2 Å². The molecule has 0 fully saturated rings. The Morgan fingerprint density at radius 1 is 0.962 bits per heavy atom. The number of alkyl halides is 6. The largest absolute Gasteiger partial charge is 0.550 e. The summed E-state index contributed by atoms with van der Waals surface area (Å²) in [4.78, 5) is 26.8. The van der Waals surface area contributed by atoms with Crippen molar-refractivity contribution < 1.29 is 53.6 Å². The van der Waals surface area contributed by atoms with Crippen LogP contribution in [0, 0.1) is 0 Å². The number of carbonyl (C=O) groups is 2. The quantitative estimate of drug-likeness (QED) is 0.144. The minimum absolute atomic E-state index is 0.0567. The summed E-state index contributed by atoms with van der Waals surface area (Å²) in [7, 11) is -6.16. The third-order valence-corrected chi connectivity index (χ3v) is 4.49. The molecule has 0 spiro atoms. The van der Waals surface area contributed by atoms with E-state index in [-0.39, 0.29) is 17.1 Å². The molecule has 0 aliphatic rings. The molecule has 0 aromatic rings. The lowest BCUT2D eigenvalue weighted by molar-refractivity contribution is -0.440. The van der Waals surface area contributed by atoms with Crippen LogP contribution in [0.4, 0.5) is 26.3 Å². The molecule has 16 heteroatoms. The van der Waals surface area contributed by atoms with Crippen molar-refractivity contribution in [1.82, 2.24) is 8.61 Å². The van der Waals surface area contributed by atoms with E-state index in [4.69, 9.17) is 0 Å². The van der Waals surface area contributed by atoms with E-state index in [1.165, 1.54) is 13.8 Å². The molecule has 0 aromatic heterocycles. The van der Waals surface area contributed by atoms with Gasteiger partial charge in [-0.05, 0) is 12.8 Å². The predicted octanol–water partition coefficient (Wildman–Crippen LogP) is 2.34. The van der Waals surface area contributed by atoms with E-state index in [9.17, 15) is 44.3 Å². The maximum atomic E-state index is 12.6. The highest BCUT2D eigenvalue weighted by atomic mass is 32.2. The van der Waals surface area contributed by atoms with E-state index in [2.05, 4.69) is 9.22 Å². The van der Waals surface area contributed by atoms with Crippen molar-refractivity contribution in [3.05, 3.63) is 0 Å². The average Bonchev–Trinajstić information content (AvgIpc) is 2.48. The third kappa shape index (κ3) is 7.16. The zero-order valence-electron chi connectivity index (χ0n) is 13.3. The van der Waals surface area contributed by atoms with Crippen LogP contribution in [0.5, 0.6) is 0 Å². The first-order valence-electron chi connectivity index (χ1n) is 6.73. The summed E-state index contributed by atoms with van der Waals surface area (Å²) in [5, 5.41) is 0. The minimum Gasteiger partial charge on any atom is -0.262 e. The number of hydrogen-bond acceptors (Lipinski definition) is 7. The Labute approximate surface area is 148 Å². The van der Waals surface area contributed by atoms with Crippen LogP contribution in [0.25, 0.3) is 0 Å². The monoisotopic (exact) mass is 436 g/mol.